The normalized spacial score (nSPS) is 15.7. The Morgan fingerprint density at radius 2 is 1.81 bits per heavy atom. The number of methoxy groups -OCH3 is 1. The number of anilines is 1. The van der Waals surface area contributed by atoms with Crippen molar-refractivity contribution in [2.24, 2.45) is 5.92 Å². The molecule has 31 heavy (non-hydrogen) atoms. The highest BCUT2D eigenvalue weighted by Crippen LogP contribution is 2.29. The van der Waals surface area contributed by atoms with Crippen LogP contribution in [0.5, 0.6) is 11.5 Å². The van der Waals surface area contributed by atoms with Crippen LogP contribution >= 0.6 is 11.6 Å². The van der Waals surface area contributed by atoms with Gasteiger partial charge in [-0.05, 0) is 62.7 Å². The second-order valence-corrected chi connectivity index (χ2v) is 7.72. The van der Waals surface area contributed by atoms with Gasteiger partial charge in [-0.2, -0.15) is 0 Å². The molecule has 0 aromatic heterocycles. The molecule has 1 aliphatic rings. The van der Waals surface area contributed by atoms with E-state index in [2.05, 4.69) is 10.9 Å². The van der Waals surface area contributed by atoms with Crippen molar-refractivity contribution in [3.63, 3.8) is 0 Å². The predicted molar refractivity (Wildman–Crippen MR) is 116 cm³/mol. The first-order chi connectivity index (χ1) is 14.8. The lowest BCUT2D eigenvalue weighted by Crippen LogP contribution is -2.46. The molecule has 1 atom stereocenters. The topological polar surface area (TPSA) is 97.0 Å². The summed E-state index contributed by atoms with van der Waals surface area (Å²) in [4.78, 5) is 39.1. The van der Waals surface area contributed by atoms with Crippen LogP contribution in [0.3, 0.4) is 0 Å². The van der Waals surface area contributed by atoms with Gasteiger partial charge in [-0.15, -0.1) is 0 Å². The van der Waals surface area contributed by atoms with Crippen molar-refractivity contribution in [1.82, 2.24) is 10.9 Å². The number of rotatable bonds is 6. The van der Waals surface area contributed by atoms with Crippen molar-refractivity contribution in [3.05, 3.63) is 53.1 Å². The summed E-state index contributed by atoms with van der Waals surface area (Å²) in [6.45, 7) is 4.17. The van der Waals surface area contributed by atoms with Crippen LogP contribution in [-0.2, 0) is 9.59 Å². The monoisotopic (exact) mass is 445 g/mol. The van der Waals surface area contributed by atoms with E-state index in [-0.39, 0.29) is 17.6 Å². The van der Waals surface area contributed by atoms with Crippen LogP contribution in [0.25, 0.3) is 0 Å². The van der Waals surface area contributed by atoms with E-state index in [0.717, 1.165) is 0 Å². The molecule has 3 amide bonds. The summed E-state index contributed by atoms with van der Waals surface area (Å²) in [6.07, 6.45) is 0.294. The van der Waals surface area contributed by atoms with E-state index in [1.54, 1.807) is 36.4 Å². The number of benzene rings is 2. The minimum Gasteiger partial charge on any atom is -0.493 e. The molecule has 1 fully saturated rings. The molecule has 2 N–H and O–H groups in total. The molecule has 1 aliphatic heterocycles. The summed E-state index contributed by atoms with van der Waals surface area (Å²) >= 11 is 5.88. The van der Waals surface area contributed by atoms with Gasteiger partial charge in [0.15, 0.2) is 11.5 Å². The van der Waals surface area contributed by atoms with E-state index in [4.69, 9.17) is 21.1 Å². The van der Waals surface area contributed by atoms with Crippen LogP contribution < -0.4 is 25.2 Å². The minimum atomic E-state index is -0.882. The van der Waals surface area contributed by atoms with Gasteiger partial charge in [0.2, 0.25) is 5.91 Å². The van der Waals surface area contributed by atoms with Crippen LogP contribution in [0, 0.1) is 5.92 Å². The summed E-state index contributed by atoms with van der Waals surface area (Å²) in [5, 5.41) is 0.563. The van der Waals surface area contributed by atoms with Gasteiger partial charge in [-0.1, -0.05) is 11.6 Å². The zero-order valence-corrected chi connectivity index (χ0v) is 18.2. The largest absolute Gasteiger partial charge is 0.493 e. The molecule has 164 valence electrons. The first-order valence-corrected chi connectivity index (χ1v) is 10.2. The second kappa shape index (κ2) is 9.70. The summed E-state index contributed by atoms with van der Waals surface area (Å²) in [7, 11) is 1.48. The summed E-state index contributed by atoms with van der Waals surface area (Å²) in [5.74, 6) is -1.41. The Morgan fingerprint density at radius 1 is 1.10 bits per heavy atom. The van der Waals surface area contributed by atoms with Crippen molar-refractivity contribution in [2.45, 2.75) is 26.4 Å². The molecule has 0 saturated carbocycles. The van der Waals surface area contributed by atoms with E-state index < -0.39 is 17.7 Å². The Labute approximate surface area is 185 Å². The molecule has 1 unspecified atom stereocenters. The molecule has 3 rings (SSSR count). The van der Waals surface area contributed by atoms with Gasteiger partial charge in [0, 0.05) is 22.8 Å². The number of carbonyl (C=O) groups excluding carboxylic acids is 3. The van der Waals surface area contributed by atoms with Crippen molar-refractivity contribution < 1.29 is 23.9 Å². The number of amides is 3. The third-order valence-corrected chi connectivity index (χ3v) is 5.00. The third-order valence-electron chi connectivity index (χ3n) is 4.75. The number of halogens is 1. The van der Waals surface area contributed by atoms with Crippen molar-refractivity contribution >= 4 is 35.0 Å². The van der Waals surface area contributed by atoms with E-state index in [9.17, 15) is 14.4 Å². The molecule has 0 bridgehead atoms. The molecule has 1 saturated heterocycles. The molecule has 0 aliphatic carbocycles. The fourth-order valence-corrected chi connectivity index (χ4v) is 3.36. The first-order valence-electron chi connectivity index (χ1n) is 9.82. The lowest BCUT2D eigenvalue weighted by atomic mass is 10.1. The molecule has 0 radical (unpaired) electrons. The maximum absolute atomic E-state index is 12.6. The zero-order chi connectivity index (χ0) is 22.5. The summed E-state index contributed by atoms with van der Waals surface area (Å²) in [5.41, 5.74) is 5.63. The standard InChI is InChI=1S/C22H24ClN3O5/c1-13(2)31-18-9-4-14(12-19(18)30-3)20(27)24-25-21(28)17-10-11-26(22(17)29)16-7-5-15(23)6-8-16/h4-9,12-13,17H,10-11H2,1-3H3,(H,24,27)(H,25,28). The number of carbonyl (C=O) groups is 3. The zero-order valence-electron chi connectivity index (χ0n) is 17.5. The fourth-order valence-electron chi connectivity index (χ4n) is 3.24. The number of ether oxygens (including phenoxy) is 2. The molecule has 9 heteroatoms. The van der Waals surface area contributed by atoms with Crippen LogP contribution in [0.2, 0.25) is 5.02 Å². The van der Waals surface area contributed by atoms with Gasteiger partial charge in [0.1, 0.15) is 5.92 Å². The molecular weight excluding hydrogens is 422 g/mol. The second-order valence-electron chi connectivity index (χ2n) is 7.28. The SMILES string of the molecule is COc1cc(C(=O)NNC(=O)C2CCN(c3ccc(Cl)cc3)C2=O)ccc1OC(C)C. The Bertz CT molecular complexity index is 978. The number of nitrogens with one attached hydrogen (secondary N) is 2. The Hall–Kier alpha value is -3.26. The van der Waals surface area contributed by atoms with Gasteiger partial charge in [-0.25, -0.2) is 0 Å². The van der Waals surface area contributed by atoms with E-state index in [0.29, 0.717) is 35.2 Å². The number of hydrazine groups is 1. The number of hydrogen-bond donors (Lipinski definition) is 2. The van der Waals surface area contributed by atoms with E-state index in [1.165, 1.54) is 18.1 Å². The van der Waals surface area contributed by atoms with Crippen LogP contribution in [0.1, 0.15) is 30.6 Å². The van der Waals surface area contributed by atoms with Gasteiger partial charge < -0.3 is 14.4 Å². The Kier molecular flexibility index (Phi) is 7.02. The van der Waals surface area contributed by atoms with E-state index >= 15 is 0 Å². The quantitative estimate of drug-likeness (QED) is 0.526. The lowest BCUT2D eigenvalue weighted by Gasteiger charge is -2.17. The average molecular weight is 446 g/mol. The Balaban J connectivity index is 1.60. The highest BCUT2D eigenvalue weighted by molar-refractivity contribution is 6.30. The summed E-state index contributed by atoms with van der Waals surface area (Å²) < 4.78 is 10.9. The van der Waals surface area contributed by atoms with Crippen molar-refractivity contribution in [2.75, 3.05) is 18.6 Å². The molecule has 8 nitrogen and oxygen atoms in total. The predicted octanol–water partition coefficient (Wildman–Crippen LogP) is 2.95. The third kappa shape index (κ3) is 5.27. The number of nitrogens with zero attached hydrogens (tertiary/aromatic N) is 1. The average Bonchev–Trinajstić information content (AvgIpc) is 3.13. The van der Waals surface area contributed by atoms with Gasteiger partial charge in [0.25, 0.3) is 11.8 Å². The van der Waals surface area contributed by atoms with Crippen molar-refractivity contribution in [3.8, 4) is 11.5 Å². The molecular formula is C22H24ClN3O5. The highest BCUT2D eigenvalue weighted by atomic mass is 35.5. The summed E-state index contributed by atoms with van der Waals surface area (Å²) in [6, 6.07) is 11.5. The molecule has 2 aromatic carbocycles. The minimum absolute atomic E-state index is 0.0516. The van der Waals surface area contributed by atoms with Crippen LogP contribution in [-0.4, -0.2) is 37.5 Å². The molecule has 1 heterocycles. The number of hydrogen-bond acceptors (Lipinski definition) is 5. The van der Waals surface area contributed by atoms with E-state index in [1.807, 2.05) is 13.8 Å². The Morgan fingerprint density at radius 3 is 2.45 bits per heavy atom. The lowest BCUT2D eigenvalue weighted by molar-refractivity contribution is -0.132. The van der Waals surface area contributed by atoms with Gasteiger partial charge in [-0.3, -0.25) is 25.2 Å². The molecule has 0 spiro atoms. The van der Waals surface area contributed by atoms with Gasteiger partial charge in [0.05, 0.1) is 13.2 Å². The van der Waals surface area contributed by atoms with Gasteiger partial charge >= 0.3 is 0 Å². The van der Waals surface area contributed by atoms with Crippen LogP contribution in [0.15, 0.2) is 42.5 Å². The van der Waals surface area contributed by atoms with Crippen molar-refractivity contribution in [1.29, 1.82) is 0 Å². The highest BCUT2D eigenvalue weighted by Gasteiger charge is 2.37. The molecule has 2 aromatic rings. The maximum Gasteiger partial charge on any atom is 0.269 e. The fraction of sp³-hybridized carbons (Fsp3) is 0.318. The first kappa shape index (κ1) is 22.4. The smallest absolute Gasteiger partial charge is 0.269 e. The van der Waals surface area contributed by atoms with Crippen LogP contribution in [0.4, 0.5) is 5.69 Å². The maximum atomic E-state index is 12.6.